The van der Waals surface area contributed by atoms with Crippen LogP contribution in [0, 0.1) is 3.57 Å². The first-order chi connectivity index (χ1) is 10.2. The summed E-state index contributed by atoms with van der Waals surface area (Å²) in [5, 5.41) is 5.31. The molecule has 2 aromatic heterocycles. The summed E-state index contributed by atoms with van der Waals surface area (Å²) in [6, 6.07) is 11.2. The van der Waals surface area contributed by atoms with Crippen molar-refractivity contribution in [1.29, 1.82) is 0 Å². The molecule has 3 aromatic rings. The molecular weight excluding hydrogens is 397 g/mol. The van der Waals surface area contributed by atoms with Gasteiger partial charge in [-0.15, -0.1) is 11.3 Å². The molecule has 0 saturated carbocycles. The van der Waals surface area contributed by atoms with E-state index in [0.29, 0.717) is 10.7 Å². The Morgan fingerprint density at radius 1 is 1.24 bits per heavy atom. The van der Waals surface area contributed by atoms with Gasteiger partial charge in [0.1, 0.15) is 0 Å². The van der Waals surface area contributed by atoms with Crippen molar-refractivity contribution < 1.29 is 4.79 Å². The largest absolute Gasteiger partial charge is 0.298 e. The van der Waals surface area contributed by atoms with Crippen LogP contribution in [0.4, 0.5) is 5.13 Å². The molecule has 0 aliphatic carbocycles. The fourth-order valence-corrected chi connectivity index (χ4v) is 3.03. The molecule has 0 atom stereocenters. The molecule has 3 rings (SSSR count). The third kappa shape index (κ3) is 3.45. The minimum Gasteiger partial charge on any atom is -0.298 e. The van der Waals surface area contributed by atoms with Crippen LogP contribution in [-0.2, 0) is 0 Å². The molecule has 0 aliphatic rings. The summed E-state index contributed by atoms with van der Waals surface area (Å²) < 4.78 is 1.02. The number of halogens is 1. The summed E-state index contributed by atoms with van der Waals surface area (Å²) >= 11 is 3.58. The zero-order chi connectivity index (χ0) is 14.7. The number of nitrogens with zero attached hydrogens (tertiary/aromatic N) is 2. The second kappa shape index (κ2) is 6.31. The second-order valence-electron chi connectivity index (χ2n) is 4.24. The highest BCUT2D eigenvalue weighted by molar-refractivity contribution is 14.1. The lowest BCUT2D eigenvalue weighted by atomic mass is 10.2. The number of aromatic nitrogens is 2. The third-order valence-electron chi connectivity index (χ3n) is 2.77. The highest BCUT2D eigenvalue weighted by Gasteiger charge is 2.10. The SMILES string of the molecule is O=C(Nc1nc(-c2cccnc2)cs1)c1cccc(I)c1. The Bertz CT molecular complexity index is 773. The van der Waals surface area contributed by atoms with Gasteiger partial charge in [-0.05, 0) is 52.9 Å². The van der Waals surface area contributed by atoms with Gasteiger partial charge in [0, 0.05) is 32.5 Å². The minimum atomic E-state index is -0.152. The van der Waals surface area contributed by atoms with E-state index in [9.17, 15) is 4.79 Å². The highest BCUT2D eigenvalue weighted by atomic mass is 127. The van der Waals surface area contributed by atoms with Gasteiger partial charge in [-0.3, -0.25) is 15.1 Å². The van der Waals surface area contributed by atoms with Gasteiger partial charge in [0.2, 0.25) is 0 Å². The quantitative estimate of drug-likeness (QED) is 0.667. The van der Waals surface area contributed by atoms with E-state index < -0.39 is 0 Å². The molecule has 0 aliphatic heterocycles. The lowest BCUT2D eigenvalue weighted by Gasteiger charge is -2.02. The summed E-state index contributed by atoms with van der Waals surface area (Å²) in [4.78, 5) is 20.6. The lowest BCUT2D eigenvalue weighted by molar-refractivity contribution is 0.102. The van der Waals surface area contributed by atoms with E-state index in [1.54, 1.807) is 18.5 Å². The smallest absolute Gasteiger partial charge is 0.257 e. The Morgan fingerprint density at radius 2 is 2.14 bits per heavy atom. The number of carbonyl (C=O) groups is 1. The van der Waals surface area contributed by atoms with Crippen LogP contribution in [0.1, 0.15) is 10.4 Å². The van der Waals surface area contributed by atoms with E-state index in [1.165, 1.54) is 11.3 Å². The molecule has 0 fully saturated rings. The number of anilines is 1. The van der Waals surface area contributed by atoms with Gasteiger partial charge in [-0.2, -0.15) is 0 Å². The number of benzene rings is 1. The topological polar surface area (TPSA) is 54.9 Å². The van der Waals surface area contributed by atoms with Crippen molar-refractivity contribution in [3.8, 4) is 11.3 Å². The Labute approximate surface area is 139 Å². The van der Waals surface area contributed by atoms with Crippen LogP contribution >= 0.6 is 33.9 Å². The predicted octanol–water partition coefficient (Wildman–Crippen LogP) is 4.06. The summed E-state index contributed by atoms with van der Waals surface area (Å²) in [6.45, 7) is 0. The van der Waals surface area contributed by atoms with Crippen molar-refractivity contribution in [2.45, 2.75) is 0 Å². The molecule has 0 spiro atoms. The average Bonchev–Trinajstić information content (AvgIpc) is 2.97. The van der Waals surface area contributed by atoms with E-state index in [-0.39, 0.29) is 5.91 Å². The maximum Gasteiger partial charge on any atom is 0.257 e. The Kier molecular flexibility index (Phi) is 4.26. The molecule has 4 nitrogen and oxygen atoms in total. The number of carbonyl (C=O) groups excluding carboxylic acids is 1. The summed E-state index contributed by atoms with van der Waals surface area (Å²) in [5.74, 6) is -0.152. The van der Waals surface area contributed by atoms with Crippen LogP contribution in [0.5, 0.6) is 0 Å². The van der Waals surface area contributed by atoms with Crippen LogP contribution in [-0.4, -0.2) is 15.9 Å². The van der Waals surface area contributed by atoms with Crippen molar-refractivity contribution in [2.75, 3.05) is 5.32 Å². The minimum absolute atomic E-state index is 0.152. The van der Waals surface area contributed by atoms with Gasteiger partial charge in [0.25, 0.3) is 5.91 Å². The Balaban J connectivity index is 1.77. The number of nitrogens with one attached hydrogen (secondary N) is 1. The summed E-state index contributed by atoms with van der Waals surface area (Å²) in [5.41, 5.74) is 2.37. The molecule has 2 heterocycles. The third-order valence-corrected chi connectivity index (χ3v) is 4.20. The molecule has 0 saturated heterocycles. The van der Waals surface area contributed by atoms with Crippen LogP contribution in [0.25, 0.3) is 11.3 Å². The molecular formula is C15H10IN3OS. The number of rotatable bonds is 3. The van der Waals surface area contributed by atoms with Crippen molar-refractivity contribution in [3.63, 3.8) is 0 Å². The normalized spacial score (nSPS) is 10.3. The average molecular weight is 407 g/mol. The molecule has 104 valence electrons. The van der Waals surface area contributed by atoms with Crippen LogP contribution in [0.3, 0.4) is 0 Å². The van der Waals surface area contributed by atoms with E-state index in [0.717, 1.165) is 14.8 Å². The summed E-state index contributed by atoms with van der Waals surface area (Å²) in [6.07, 6.45) is 3.47. The molecule has 6 heteroatoms. The Morgan fingerprint density at radius 3 is 2.90 bits per heavy atom. The van der Waals surface area contributed by atoms with Crippen LogP contribution in [0.2, 0.25) is 0 Å². The second-order valence-corrected chi connectivity index (χ2v) is 6.35. The molecule has 1 N–H and O–H groups in total. The number of thiazole rings is 1. The van der Waals surface area contributed by atoms with E-state index in [2.05, 4.69) is 37.9 Å². The summed E-state index contributed by atoms with van der Waals surface area (Å²) in [7, 11) is 0. The maximum atomic E-state index is 12.2. The zero-order valence-corrected chi connectivity index (χ0v) is 13.8. The monoisotopic (exact) mass is 407 g/mol. The molecule has 21 heavy (non-hydrogen) atoms. The fraction of sp³-hybridized carbons (Fsp3) is 0. The zero-order valence-electron chi connectivity index (χ0n) is 10.8. The van der Waals surface area contributed by atoms with E-state index >= 15 is 0 Å². The molecule has 1 aromatic carbocycles. The van der Waals surface area contributed by atoms with Gasteiger partial charge in [-0.1, -0.05) is 6.07 Å². The molecule has 0 radical (unpaired) electrons. The number of hydrogen-bond donors (Lipinski definition) is 1. The Hall–Kier alpha value is -1.80. The predicted molar refractivity (Wildman–Crippen MR) is 92.5 cm³/mol. The van der Waals surface area contributed by atoms with Gasteiger partial charge in [0.05, 0.1) is 5.69 Å². The van der Waals surface area contributed by atoms with Crippen molar-refractivity contribution >= 4 is 45.0 Å². The lowest BCUT2D eigenvalue weighted by Crippen LogP contribution is -2.11. The first-order valence-electron chi connectivity index (χ1n) is 6.15. The first-order valence-corrected chi connectivity index (χ1v) is 8.11. The number of pyridine rings is 1. The standard InChI is InChI=1S/C15H10IN3OS/c16-12-5-1-3-10(7-12)14(20)19-15-18-13(9-21-15)11-4-2-6-17-8-11/h1-9H,(H,18,19,20). The van der Waals surface area contributed by atoms with Gasteiger partial charge in [0.15, 0.2) is 5.13 Å². The number of amides is 1. The van der Waals surface area contributed by atoms with Gasteiger partial charge in [-0.25, -0.2) is 4.98 Å². The molecule has 0 unspecified atom stereocenters. The number of hydrogen-bond acceptors (Lipinski definition) is 4. The highest BCUT2D eigenvalue weighted by Crippen LogP contribution is 2.24. The fourth-order valence-electron chi connectivity index (χ4n) is 1.78. The van der Waals surface area contributed by atoms with Crippen LogP contribution in [0.15, 0.2) is 54.2 Å². The van der Waals surface area contributed by atoms with Crippen molar-refractivity contribution in [1.82, 2.24) is 9.97 Å². The van der Waals surface area contributed by atoms with E-state index in [4.69, 9.17) is 0 Å². The maximum absolute atomic E-state index is 12.2. The van der Waals surface area contributed by atoms with Gasteiger partial charge >= 0.3 is 0 Å². The van der Waals surface area contributed by atoms with Crippen molar-refractivity contribution in [2.24, 2.45) is 0 Å². The van der Waals surface area contributed by atoms with E-state index in [1.807, 2.05) is 35.7 Å². The molecule has 1 amide bonds. The van der Waals surface area contributed by atoms with Gasteiger partial charge < -0.3 is 0 Å². The van der Waals surface area contributed by atoms with Crippen molar-refractivity contribution in [3.05, 3.63) is 63.3 Å². The molecule has 0 bridgehead atoms. The van der Waals surface area contributed by atoms with Crippen LogP contribution < -0.4 is 5.32 Å². The first kappa shape index (κ1) is 14.2.